The van der Waals surface area contributed by atoms with E-state index in [2.05, 4.69) is 10.1 Å². The zero-order valence-corrected chi connectivity index (χ0v) is 16.0. The molecule has 8 heteroatoms. The Bertz CT molecular complexity index is 1160. The Hall–Kier alpha value is -3.65. The number of hydrazone groups is 1. The molecule has 0 bridgehead atoms. The Labute approximate surface area is 169 Å². The standard InChI is InChI=1S/C21H14FN3O3S/c1-12-17(10-13-2-4-15(5-3-13)20(27)28)19(26)25(24-12)21-23-18(11-29-21)14-6-8-16(22)9-7-14/h2-11H,1H3,(H,27,28)/b17-10+. The topological polar surface area (TPSA) is 82.9 Å². The lowest BCUT2D eigenvalue weighted by molar-refractivity contribution is -0.114. The summed E-state index contributed by atoms with van der Waals surface area (Å²) in [4.78, 5) is 28.3. The van der Waals surface area contributed by atoms with E-state index >= 15 is 0 Å². The van der Waals surface area contributed by atoms with E-state index in [4.69, 9.17) is 5.11 Å². The number of carbonyl (C=O) groups excluding carboxylic acids is 1. The van der Waals surface area contributed by atoms with Crippen molar-refractivity contribution in [2.45, 2.75) is 6.92 Å². The van der Waals surface area contributed by atoms with Crippen molar-refractivity contribution in [3.8, 4) is 11.3 Å². The average Bonchev–Trinajstić information content (AvgIpc) is 3.29. The van der Waals surface area contributed by atoms with Crippen LogP contribution < -0.4 is 5.01 Å². The summed E-state index contributed by atoms with van der Waals surface area (Å²) in [6, 6.07) is 12.2. The first-order valence-electron chi connectivity index (χ1n) is 8.59. The number of hydrogen-bond donors (Lipinski definition) is 1. The van der Waals surface area contributed by atoms with Crippen LogP contribution in [0.2, 0.25) is 0 Å². The molecule has 0 fully saturated rings. The second-order valence-electron chi connectivity index (χ2n) is 6.31. The number of halogens is 1. The van der Waals surface area contributed by atoms with E-state index in [1.807, 2.05) is 0 Å². The predicted molar refractivity (Wildman–Crippen MR) is 109 cm³/mol. The fourth-order valence-corrected chi connectivity index (χ4v) is 3.60. The zero-order valence-electron chi connectivity index (χ0n) is 15.2. The molecule has 2 aromatic carbocycles. The lowest BCUT2D eigenvalue weighted by atomic mass is 10.1. The van der Waals surface area contributed by atoms with Gasteiger partial charge in [-0.1, -0.05) is 12.1 Å². The Morgan fingerprint density at radius 2 is 1.83 bits per heavy atom. The molecule has 144 valence electrons. The summed E-state index contributed by atoms with van der Waals surface area (Å²) in [6.07, 6.45) is 1.67. The lowest BCUT2D eigenvalue weighted by Crippen LogP contribution is -2.21. The molecular formula is C21H14FN3O3S. The number of nitrogens with zero attached hydrogens (tertiary/aromatic N) is 3. The summed E-state index contributed by atoms with van der Waals surface area (Å²) in [6.45, 7) is 1.73. The van der Waals surface area contributed by atoms with E-state index in [0.29, 0.717) is 27.7 Å². The molecule has 0 aliphatic carbocycles. The molecule has 0 saturated heterocycles. The third kappa shape index (κ3) is 3.70. The van der Waals surface area contributed by atoms with Crippen molar-refractivity contribution < 1.29 is 19.1 Å². The molecule has 6 nitrogen and oxygen atoms in total. The number of carbonyl (C=O) groups is 2. The van der Waals surface area contributed by atoms with Crippen LogP contribution in [0.3, 0.4) is 0 Å². The third-order valence-electron chi connectivity index (χ3n) is 4.34. The molecule has 0 radical (unpaired) electrons. The minimum atomic E-state index is -1.01. The number of thiazole rings is 1. The largest absolute Gasteiger partial charge is 0.478 e. The van der Waals surface area contributed by atoms with E-state index in [1.54, 1.807) is 42.6 Å². The summed E-state index contributed by atoms with van der Waals surface area (Å²) in [5.41, 5.74) is 3.19. The first kappa shape index (κ1) is 18.7. The van der Waals surface area contributed by atoms with Crippen LogP contribution in [0.1, 0.15) is 22.8 Å². The molecule has 0 spiro atoms. The summed E-state index contributed by atoms with van der Waals surface area (Å²) in [7, 11) is 0. The van der Waals surface area contributed by atoms with Crippen LogP contribution in [0.15, 0.2) is 64.6 Å². The Balaban J connectivity index is 1.59. The SMILES string of the molecule is CC1=NN(c2nc(-c3ccc(F)cc3)cs2)C(=O)/C1=C/c1ccc(C(=O)O)cc1. The van der Waals surface area contributed by atoms with Crippen molar-refractivity contribution in [3.05, 3.63) is 76.4 Å². The van der Waals surface area contributed by atoms with E-state index in [9.17, 15) is 14.0 Å². The van der Waals surface area contributed by atoms with Gasteiger partial charge in [-0.15, -0.1) is 11.3 Å². The number of carboxylic acid groups (broad SMARTS) is 1. The molecule has 0 saturated carbocycles. The Morgan fingerprint density at radius 3 is 2.48 bits per heavy atom. The van der Waals surface area contributed by atoms with Gasteiger partial charge in [0.1, 0.15) is 5.82 Å². The number of amides is 1. The van der Waals surface area contributed by atoms with Gasteiger partial charge in [-0.05, 0) is 55.0 Å². The van der Waals surface area contributed by atoms with E-state index in [0.717, 1.165) is 5.56 Å². The van der Waals surface area contributed by atoms with Crippen molar-refractivity contribution in [2.75, 3.05) is 5.01 Å². The van der Waals surface area contributed by atoms with Gasteiger partial charge in [-0.2, -0.15) is 10.1 Å². The monoisotopic (exact) mass is 407 g/mol. The molecule has 2 heterocycles. The number of carboxylic acids is 1. The summed E-state index contributed by atoms with van der Waals surface area (Å²) >= 11 is 1.27. The fourth-order valence-electron chi connectivity index (χ4n) is 2.82. The van der Waals surface area contributed by atoms with Gasteiger partial charge in [0.15, 0.2) is 0 Å². The molecule has 29 heavy (non-hydrogen) atoms. The van der Waals surface area contributed by atoms with Crippen molar-refractivity contribution in [1.29, 1.82) is 0 Å². The quantitative estimate of drug-likeness (QED) is 0.648. The van der Waals surface area contributed by atoms with Crippen molar-refractivity contribution >= 4 is 40.1 Å². The highest BCUT2D eigenvalue weighted by molar-refractivity contribution is 7.14. The highest BCUT2D eigenvalue weighted by Crippen LogP contribution is 2.31. The van der Waals surface area contributed by atoms with Crippen molar-refractivity contribution in [1.82, 2.24) is 4.98 Å². The number of aromatic carboxylic acids is 1. The van der Waals surface area contributed by atoms with Crippen LogP contribution in [-0.4, -0.2) is 27.7 Å². The molecule has 1 aromatic heterocycles. The maximum absolute atomic E-state index is 13.1. The van der Waals surface area contributed by atoms with E-state index in [1.165, 1.54) is 40.6 Å². The average molecular weight is 407 g/mol. The molecule has 1 amide bonds. The Kier molecular flexibility index (Phi) is 4.77. The molecule has 0 atom stereocenters. The molecular weight excluding hydrogens is 393 g/mol. The van der Waals surface area contributed by atoms with Gasteiger partial charge in [0.25, 0.3) is 5.91 Å². The van der Waals surface area contributed by atoms with Crippen LogP contribution in [0.5, 0.6) is 0 Å². The van der Waals surface area contributed by atoms with Gasteiger partial charge >= 0.3 is 5.97 Å². The number of rotatable bonds is 4. The first-order chi connectivity index (χ1) is 13.9. The predicted octanol–water partition coefficient (Wildman–Crippen LogP) is 4.45. The van der Waals surface area contributed by atoms with Crippen LogP contribution in [-0.2, 0) is 4.79 Å². The van der Waals surface area contributed by atoms with Crippen LogP contribution in [0, 0.1) is 5.82 Å². The maximum Gasteiger partial charge on any atom is 0.335 e. The summed E-state index contributed by atoms with van der Waals surface area (Å²) in [5.74, 6) is -1.65. The normalized spacial score (nSPS) is 15.1. The summed E-state index contributed by atoms with van der Waals surface area (Å²) in [5, 5.41) is 16.7. The maximum atomic E-state index is 13.1. The third-order valence-corrected chi connectivity index (χ3v) is 5.16. The van der Waals surface area contributed by atoms with Crippen molar-refractivity contribution in [3.63, 3.8) is 0 Å². The Morgan fingerprint density at radius 1 is 1.14 bits per heavy atom. The van der Waals surface area contributed by atoms with Gasteiger partial charge in [-0.25, -0.2) is 14.2 Å². The number of hydrogen-bond acceptors (Lipinski definition) is 5. The highest BCUT2D eigenvalue weighted by Gasteiger charge is 2.30. The van der Waals surface area contributed by atoms with Gasteiger partial charge in [0.2, 0.25) is 5.13 Å². The van der Waals surface area contributed by atoms with Gasteiger partial charge < -0.3 is 5.11 Å². The van der Waals surface area contributed by atoms with E-state index in [-0.39, 0.29) is 17.3 Å². The first-order valence-corrected chi connectivity index (χ1v) is 9.47. The van der Waals surface area contributed by atoms with E-state index < -0.39 is 5.97 Å². The molecule has 1 N–H and O–H groups in total. The van der Waals surface area contributed by atoms with Gasteiger partial charge in [-0.3, -0.25) is 4.79 Å². The van der Waals surface area contributed by atoms with Gasteiger partial charge in [0.05, 0.1) is 22.5 Å². The van der Waals surface area contributed by atoms with Gasteiger partial charge in [0, 0.05) is 10.9 Å². The minimum absolute atomic E-state index is 0.174. The lowest BCUT2D eigenvalue weighted by Gasteiger charge is -2.07. The highest BCUT2D eigenvalue weighted by atomic mass is 32.1. The molecule has 1 aliphatic heterocycles. The van der Waals surface area contributed by atoms with Crippen molar-refractivity contribution in [2.24, 2.45) is 5.10 Å². The number of anilines is 1. The van der Waals surface area contributed by atoms with Crippen LogP contribution in [0.4, 0.5) is 9.52 Å². The molecule has 0 unspecified atom stereocenters. The molecule has 4 rings (SSSR count). The molecule has 3 aromatic rings. The summed E-state index contributed by atoms with van der Waals surface area (Å²) < 4.78 is 13.1. The minimum Gasteiger partial charge on any atom is -0.478 e. The fraction of sp³-hybridized carbons (Fsp3) is 0.0476. The van der Waals surface area contributed by atoms with Crippen LogP contribution in [0.25, 0.3) is 17.3 Å². The number of aromatic nitrogens is 1. The zero-order chi connectivity index (χ0) is 20.5. The second-order valence-corrected chi connectivity index (χ2v) is 7.15. The van der Waals surface area contributed by atoms with Crippen LogP contribution >= 0.6 is 11.3 Å². The smallest absolute Gasteiger partial charge is 0.335 e. The molecule has 1 aliphatic rings. The second kappa shape index (κ2) is 7.40. The number of benzene rings is 2.